The van der Waals surface area contributed by atoms with Gasteiger partial charge in [-0.3, -0.25) is 9.11 Å². The van der Waals surface area contributed by atoms with E-state index < -0.39 is 106 Å². The van der Waals surface area contributed by atoms with Crippen molar-refractivity contribution in [3.05, 3.63) is 0 Å². The molecule has 2 N–H and O–H groups in total. The zero-order valence-electron chi connectivity index (χ0n) is 19.9. The molecule has 0 fully saturated rings. The van der Waals surface area contributed by atoms with E-state index in [1.165, 1.54) is 0 Å². The van der Waals surface area contributed by atoms with Gasteiger partial charge in [0.05, 0.1) is 0 Å². The molecule has 0 radical (unpaired) electrons. The first kappa shape index (κ1) is 40.6. The van der Waals surface area contributed by atoms with Gasteiger partial charge in [-0.15, -0.1) is 0 Å². The molecule has 0 aliphatic carbocycles. The largest absolute Gasteiger partial charge is 0.460 e. The van der Waals surface area contributed by atoms with Gasteiger partial charge in [-0.25, -0.2) is 9.47 Å². The summed E-state index contributed by atoms with van der Waals surface area (Å²) in [6.07, 6.45) is -33.8. The highest BCUT2D eigenvalue weighted by Gasteiger charge is 2.75. The monoisotopic (exact) mass is 707 g/mol. The summed E-state index contributed by atoms with van der Waals surface area (Å²) >= 11 is 0. The molecule has 9 nitrogen and oxygen atoms in total. The third-order valence-corrected chi connectivity index (χ3v) is 6.52. The Bertz CT molecular complexity index is 1060. The van der Waals surface area contributed by atoms with E-state index in [0.717, 1.165) is 7.05 Å². The summed E-state index contributed by atoms with van der Waals surface area (Å²) in [6, 6.07) is 0. The number of nitrogens with zero attached hydrogens (tertiary/aromatic N) is 1. The van der Waals surface area contributed by atoms with Crippen LogP contribution >= 0.6 is 0 Å². The maximum Gasteiger partial charge on any atom is 0.460 e. The minimum atomic E-state index is -7.16. The van der Waals surface area contributed by atoms with E-state index in [2.05, 4.69) is 0 Å². The average molecular weight is 707 g/mol. The normalized spacial score (nSPS) is 15.9. The second-order valence-electron chi connectivity index (χ2n) is 8.17. The Morgan fingerprint density at radius 1 is 0.524 bits per heavy atom. The Labute approximate surface area is 224 Å². The Morgan fingerprint density at radius 3 is 0.976 bits per heavy atom. The maximum atomic E-state index is 13.7. The van der Waals surface area contributed by atoms with Crippen LogP contribution in [0.5, 0.6) is 0 Å². The van der Waals surface area contributed by atoms with E-state index in [0.29, 0.717) is 4.90 Å². The van der Waals surface area contributed by atoms with Gasteiger partial charge < -0.3 is 4.90 Å². The van der Waals surface area contributed by atoms with Gasteiger partial charge in [0, 0.05) is 12.8 Å². The van der Waals surface area contributed by atoms with Gasteiger partial charge in [0.2, 0.25) is 0 Å². The predicted octanol–water partition coefficient (Wildman–Crippen LogP) is 5.11. The second-order valence-corrected chi connectivity index (χ2v) is 11.1. The molecule has 0 spiro atoms. The van der Waals surface area contributed by atoms with Gasteiger partial charge in [-0.05, 0) is 33.0 Å². The number of ether oxygens (including phenoxy) is 2. The third kappa shape index (κ3) is 8.82. The molecule has 0 atom stereocenters. The van der Waals surface area contributed by atoms with Crippen LogP contribution in [0.25, 0.3) is 0 Å². The van der Waals surface area contributed by atoms with Crippen molar-refractivity contribution in [2.45, 2.75) is 72.5 Å². The molecule has 0 aliphatic heterocycles. The first-order valence-electron chi connectivity index (χ1n) is 10.1. The summed E-state index contributed by atoms with van der Waals surface area (Å²) in [5.74, 6) is -11.5. The predicted molar refractivity (Wildman–Crippen MR) is 101 cm³/mol. The van der Waals surface area contributed by atoms with E-state index in [1.807, 2.05) is 9.47 Å². The molecule has 0 saturated heterocycles. The Kier molecular flexibility index (Phi) is 11.8. The molecule has 0 heterocycles. The average Bonchev–Trinajstić information content (AvgIpc) is 2.69. The molecule has 0 aromatic carbocycles. The highest BCUT2D eigenvalue weighted by Crippen LogP contribution is 2.49. The molecule has 27 heteroatoms. The highest BCUT2D eigenvalue weighted by molar-refractivity contribution is 7.87. The van der Waals surface area contributed by atoms with Crippen LogP contribution in [0.15, 0.2) is 0 Å². The molecular formula is C15H17F16NO8S2. The maximum absolute atomic E-state index is 13.7. The van der Waals surface area contributed by atoms with Crippen molar-refractivity contribution < 1.29 is 106 Å². The molecule has 0 unspecified atom stereocenters. The van der Waals surface area contributed by atoms with Crippen molar-refractivity contribution in [2.75, 3.05) is 20.1 Å². The van der Waals surface area contributed by atoms with Crippen LogP contribution in [0.1, 0.15) is 25.7 Å². The first-order valence-corrected chi connectivity index (χ1v) is 12.9. The van der Waals surface area contributed by atoms with Crippen LogP contribution in [-0.2, 0) is 29.7 Å². The minimum absolute atomic E-state index is 0.604. The molecule has 0 aliphatic rings. The zero-order valence-corrected chi connectivity index (χ0v) is 21.5. The lowest BCUT2D eigenvalue weighted by molar-refractivity contribution is -0.456. The topological polar surface area (TPSA) is 130 Å². The van der Waals surface area contributed by atoms with Crippen molar-refractivity contribution in [2.24, 2.45) is 0 Å². The van der Waals surface area contributed by atoms with Gasteiger partial charge in [0.25, 0.3) is 0 Å². The van der Waals surface area contributed by atoms with Crippen LogP contribution < -0.4 is 0 Å². The number of hydrogen-bond acceptors (Lipinski definition) is 7. The van der Waals surface area contributed by atoms with E-state index in [4.69, 9.17) is 9.11 Å². The fourth-order valence-electron chi connectivity index (χ4n) is 2.44. The van der Waals surface area contributed by atoms with E-state index >= 15 is 0 Å². The van der Waals surface area contributed by atoms with Crippen LogP contribution in [-0.4, -0.2) is 97.8 Å². The third-order valence-electron chi connectivity index (χ3n) is 4.75. The van der Waals surface area contributed by atoms with Gasteiger partial charge in [-0.1, -0.05) is 0 Å². The summed E-state index contributed by atoms with van der Waals surface area (Å²) in [6.45, 7) is -1.83. The lowest BCUT2D eigenvalue weighted by Gasteiger charge is -2.32. The lowest BCUT2D eigenvalue weighted by atomic mass is 10.1. The molecular weight excluding hydrogens is 690 g/mol. The zero-order chi connectivity index (χ0) is 34.2. The van der Waals surface area contributed by atoms with Crippen LogP contribution in [0, 0.1) is 0 Å². The smallest absolute Gasteiger partial charge is 0.306 e. The standard InChI is InChI=1S/C15H17F16NO8S2/c1-32(6-2-4-8(16,17)10(20,21)39-12(24,25)14(28,29)41(33,34)35)7-3-5-9(18,19)11(22,23)40-13(26,27)15(30,31)42(36,37)38/h2-7H2,1H3,(H,33,34,35)(H,36,37,38). The van der Waals surface area contributed by atoms with Crippen molar-refractivity contribution >= 4 is 20.2 Å². The number of alkyl halides is 16. The molecule has 0 saturated carbocycles. The van der Waals surface area contributed by atoms with Crippen molar-refractivity contribution in [1.82, 2.24) is 4.90 Å². The van der Waals surface area contributed by atoms with Crippen molar-refractivity contribution in [1.29, 1.82) is 0 Å². The number of hydrogen-bond donors (Lipinski definition) is 2. The molecule has 254 valence electrons. The molecule has 0 aromatic heterocycles. The quantitative estimate of drug-likeness (QED) is 0.147. The van der Waals surface area contributed by atoms with Crippen LogP contribution in [0.3, 0.4) is 0 Å². The molecule has 42 heavy (non-hydrogen) atoms. The number of halogens is 16. The second kappa shape index (κ2) is 12.2. The summed E-state index contributed by atoms with van der Waals surface area (Å²) in [5.41, 5.74) is 0. The SMILES string of the molecule is CN(CCCC(F)(F)C(F)(F)OC(F)(F)C(F)(F)S(=O)(=O)O)CCCC(F)(F)C(F)(F)OC(F)(F)C(F)(F)S(=O)(=O)O. The fraction of sp³-hybridized carbons (Fsp3) is 1.00. The summed E-state index contributed by atoms with van der Waals surface area (Å²) in [5, 5.41) is -13.6. The van der Waals surface area contributed by atoms with E-state index in [-0.39, 0.29) is 0 Å². The van der Waals surface area contributed by atoms with Gasteiger partial charge in [-0.2, -0.15) is 87.1 Å². The fourth-order valence-corrected chi connectivity index (χ4v) is 3.12. The van der Waals surface area contributed by atoms with E-state index in [1.54, 1.807) is 0 Å². The minimum Gasteiger partial charge on any atom is -0.306 e. The summed E-state index contributed by atoms with van der Waals surface area (Å²) in [4.78, 5) is 0.604. The summed E-state index contributed by atoms with van der Waals surface area (Å²) < 4.78 is 274. The Morgan fingerprint density at radius 2 is 0.762 bits per heavy atom. The van der Waals surface area contributed by atoms with Crippen molar-refractivity contribution in [3.63, 3.8) is 0 Å². The highest BCUT2D eigenvalue weighted by atomic mass is 32.2. The molecule has 0 amide bonds. The first-order chi connectivity index (χ1) is 18.0. The lowest BCUT2D eigenvalue weighted by Crippen LogP contribution is -2.56. The molecule has 0 bridgehead atoms. The Balaban J connectivity index is 5.17. The summed E-state index contributed by atoms with van der Waals surface area (Å²) in [7, 11) is -13.5. The van der Waals surface area contributed by atoms with Gasteiger partial charge in [0.1, 0.15) is 0 Å². The van der Waals surface area contributed by atoms with Gasteiger partial charge >= 0.3 is 67.0 Å². The van der Waals surface area contributed by atoms with Crippen molar-refractivity contribution in [3.8, 4) is 0 Å². The van der Waals surface area contributed by atoms with E-state index in [9.17, 15) is 87.1 Å². The van der Waals surface area contributed by atoms with Gasteiger partial charge in [0.15, 0.2) is 0 Å². The Hall–Kier alpha value is -1.42. The van der Waals surface area contributed by atoms with Crippen LogP contribution in [0.4, 0.5) is 70.2 Å². The van der Waals surface area contributed by atoms with Crippen LogP contribution in [0.2, 0.25) is 0 Å². The number of rotatable bonds is 18. The molecule has 0 aromatic rings. The molecule has 0 rings (SSSR count).